The van der Waals surface area contributed by atoms with Gasteiger partial charge in [-0.15, -0.1) is 0 Å². The van der Waals surface area contributed by atoms with E-state index in [1.807, 2.05) is 47.3 Å². The van der Waals surface area contributed by atoms with Crippen LogP contribution in [0.25, 0.3) is 44.9 Å². The third kappa shape index (κ3) is 3.18. The van der Waals surface area contributed by atoms with E-state index in [1.165, 1.54) is 18.5 Å². The first kappa shape index (κ1) is 18.9. The summed E-state index contributed by atoms with van der Waals surface area (Å²) in [6.07, 6.45) is 4.45. The second kappa shape index (κ2) is 7.39. The number of aliphatic hydroxyl groups is 1. The number of nitrogens with zero attached hydrogens (tertiary/aromatic N) is 4. The Balaban J connectivity index is 1.52. The molecule has 1 fully saturated rings. The molecule has 0 atom stereocenters. The summed E-state index contributed by atoms with van der Waals surface area (Å²) in [5.74, 6) is 0.406. The van der Waals surface area contributed by atoms with Gasteiger partial charge in [0.1, 0.15) is 23.6 Å². The molecule has 0 spiro atoms. The summed E-state index contributed by atoms with van der Waals surface area (Å²) in [5, 5.41) is 15.3. The van der Waals surface area contributed by atoms with Crippen LogP contribution < -0.4 is 0 Å². The molecule has 0 amide bonds. The molecule has 1 aliphatic carbocycles. The molecule has 32 heavy (non-hydrogen) atoms. The fourth-order valence-electron chi connectivity index (χ4n) is 4.16. The number of aliphatic hydroxyl groups excluding tert-OH is 1. The first-order valence-electron chi connectivity index (χ1n) is 10.5. The highest BCUT2D eigenvalue weighted by atomic mass is 19.1. The van der Waals surface area contributed by atoms with Crippen LogP contribution >= 0.6 is 0 Å². The van der Waals surface area contributed by atoms with Crippen LogP contribution in [0.2, 0.25) is 0 Å². The van der Waals surface area contributed by atoms with Crippen molar-refractivity contribution in [1.29, 1.82) is 0 Å². The smallest absolute Gasteiger partial charge is 0.230 e. The number of hydrogen-bond acceptors (Lipinski definition) is 5. The second-order valence-corrected chi connectivity index (χ2v) is 8.08. The fraction of sp³-hybridized carbons (Fsp3) is 0.160. The van der Waals surface area contributed by atoms with Gasteiger partial charge in [-0.25, -0.2) is 14.4 Å². The van der Waals surface area contributed by atoms with Gasteiger partial charge in [-0.05, 0) is 43.2 Å². The number of fused-ring (bicyclic) bond motifs is 1. The second-order valence-electron chi connectivity index (χ2n) is 8.08. The van der Waals surface area contributed by atoms with E-state index in [0.29, 0.717) is 35.7 Å². The van der Waals surface area contributed by atoms with Gasteiger partial charge in [-0.2, -0.15) is 5.10 Å². The third-order valence-electron chi connectivity index (χ3n) is 5.95. The Morgan fingerprint density at radius 3 is 2.47 bits per heavy atom. The average Bonchev–Trinajstić information content (AvgIpc) is 3.43. The van der Waals surface area contributed by atoms with Crippen LogP contribution in [0.5, 0.6) is 0 Å². The van der Waals surface area contributed by atoms with Crippen LogP contribution in [0.1, 0.15) is 18.9 Å². The number of halogens is 1. The predicted octanol–water partition coefficient (Wildman–Crippen LogP) is 5.26. The third-order valence-corrected chi connectivity index (χ3v) is 5.95. The molecule has 7 heteroatoms. The van der Waals surface area contributed by atoms with Gasteiger partial charge in [-0.1, -0.05) is 30.3 Å². The average molecular weight is 426 g/mol. The van der Waals surface area contributed by atoms with E-state index in [-0.39, 0.29) is 18.0 Å². The maximum atomic E-state index is 13.6. The zero-order chi connectivity index (χ0) is 21.7. The molecule has 1 aliphatic rings. The van der Waals surface area contributed by atoms with Gasteiger partial charge in [0.15, 0.2) is 0 Å². The normalized spacial score (nSPS) is 18.1. The van der Waals surface area contributed by atoms with Crippen LogP contribution in [-0.2, 0) is 0 Å². The van der Waals surface area contributed by atoms with Crippen molar-refractivity contribution >= 4 is 11.1 Å². The van der Waals surface area contributed by atoms with Gasteiger partial charge in [0.25, 0.3) is 0 Å². The number of furan rings is 1. The van der Waals surface area contributed by atoms with Crippen molar-refractivity contribution in [1.82, 2.24) is 19.7 Å². The van der Waals surface area contributed by atoms with Crippen LogP contribution in [0.15, 0.2) is 77.6 Å². The summed E-state index contributed by atoms with van der Waals surface area (Å²) in [4.78, 5) is 8.89. The van der Waals surface area contributed by atoms with Crippen LogP contribution in [0, 0.1) is 5.82 Å². The molecular weight excluding hydrogens is 407 g/mol. The first-order valence-corrected chi connectivity index (χ1v) is 10.5. The standard InChI is InChI=1S/C25H19FN4O2/c26-17-8-6-16(7-9-17)23-21(13-30(29-23)18-10-19(31)11-18)24-20-12-22(15-4-2-1-3-5-15)32-25(20)28-14-27-24/h1-9,12-14,18-19,31H,10-11H2/t18-,19+. The lowest BCUT2D eigenvalue weighted by molar-refractivity contribution is 0.0435. The number of rotatable bonds is 4. The molecule has 158 valence electrons. The SMILES string of the molecule is O[C@H]1C[C@@H](n2cc(-c3ncnc4oc(-c5ccccc5)cc34)c(-c3ccc(F)cc3)n2)C1. The Hall–Kier alpha value is -3.84. The molecule has 0 saturated heterocycles. The minimum atomic E-state index is -0.302. The number of hydrogen-bond donors (Lipinski definition) is 1. The highest BCUT2D eigenvalue weighted by Gasteiger charge is 2.31. The van der Waals surface area contributed by atoms with Crippen LogP contribution in [-0.4, -0.2) is 31.0 Å². The van der Waals surface area contributed by atoms with Crippen molar-refractivity contribution in [3.8, 4) is 33.8 Å². The molecule has 0 radical (unpaired) electrons. The van der Waals surface area contributed by atoms with Crippen LogP contribution in [0.4, 0.5) is 4.39 Å². The molecule has 6 nitrogen and oxygen atoms in total. The molecule has 6 rings (SSSR count). The fourth-order valence-corrected chi connectivity index (χ4v) is 4.16. The van der Waals surface area contributed by atoms with Crippen molar-refractivity contribution in [2.45, 2.75) is 25.0 Å². The van der Waals surface area contributed by atoms with E-state index in [1.54, 1.807) is 12.1 Å². The van der Waals surface area contributed by atoms with E-state index < -0.39 is 0 Å². The molecule has 0 unspecified atom stereocenters. The Morgan fingerprint density at radius 2 is 1.72 bits per heavy atom. The van der Waals surface area contributed by atoms with Gasteiger partial charge >= 0.3 is 0 Å². The molecule has 1 N–H and O–H groups in total. The van der Waals surface area contributed by atoms with E-state index in [9.17, 15) is 9.50 Å². The summed E-state index contributed by atoms with van der Waals surface area (Å²) in [6, 6.07) is 18.2. The Kier molecular flexibility index (Phi) is 4.36. The van der Waals surface area contributed by atoms with Crippen molar-refractivity contribution in [3.63, 3.8) is 0 Å². The quantitative estimate of drug-likeness (QED) is 0.424. The molecule has 5 aromatic rings. The Bertz CT molecular complexity index is 1400. The van der Waals surface area contributed by atoms with Gasteiger partial charge in [0.05, 0.1) is 23.2 Å². The van der Waals surface area contributed by atoms with Gasteiger partial charge in [0, 0.05) is 22.9 Å². The first-order chi connectivity index (χ1) is 15.7. The van der Waals surface area contributed by atoms with E-state index >= 15 is 0 Å². The van der Waals surface area contributed by atoms with Crippen LogP contribution in [0.3, 0.4) is 0 Å². The van der Waals surface area contributed by atoms with Gasteiger partial charge in [0.2, 0.25) is 5.71 Å². The minimum absolute atomic E-state index is 0.125. The summed E-state index contributed by atoms with van der Waals surface area (Å²) >= 11 is 0. The number of benzene rings is 2. The van der Waals surface area contributed by atoms with Crippen molar-refractivity contribution in [2.24, 2.45) is 0 Å². The van der Waals surface area contributed by atoms with E-state index in [2.05, 4.69) is 9.97 Å². The Labute approximate surface area is 183 Å². The van der Waals surface area contributed by atoms with E-state index in [4.69, 9.17) is 9.52 Å². The van der Waals surface area contributed by atoms with Crippen molar-refractivity contribution < 1.29 is 13.9 Å². The molecule has 3 heterocycles. The zero-order valence-corrected chi connectivity index (χ0v) is 17.0. The molecule has 1 saturated carbocycles. The maximum absolute atomic E-state index is 13.6. The Morgan fingerprint density at radius 1 is 0.938 bits per heavy atom. The molecule has 0 aliphatic heterocycles. The summed E-state index contributed by atoms with van der Waals surface area (Å²) in [6.45, 7) is 0. The molecule has 0 bridgehead atoms. The lowest BCUT2D eigenvalue weighted by Crippen LogP contribution is -2.31. The van der Waals surface area contributed by atoms with Crippen molar-refractivity contribution in [2.75, 3.05) is 0 Å². The minimum Gasteiger partial charge on any atom is -0.438 e. The lowest BCUT2D eigenvalue weighted by Gasteiger charge is -2.31. The van der Waals surface area contributed by atoms with Crippen molar-refractivity contribution in [3.05, 3.63) is 79.0 Å². The highest BCUT2D eigenvalue weighted by Crippen LogP contribution is 2.39. The summed E-state index contributed by atoms with van der Waals surface area (Å²) < 4.78 is 21.5. The summed E-state index contributed by atoms with van der Waals surface area (Å²) in [7, 11) is 0. The highest BCUT2D eigenvalue weighted by molar-refractivity contribution is 5.95. The number of aromatic nitrogens is 4. The molecular formula is C25H19FN4O2. The topological polar surface area (TPSA) is 77.0 Å². The van der Waals surface area contributed by atoms with E-state index in [0.717, 1.165) is 22.1 Å². The monoisotopic (exact) mass is 426 g/mol. The van der Waals surface area contributed by atoms with Gasteiger partial charge in [-0.3, -0.25) is 4.68 Å². The maximum Gasteiger partial charge on any atom is 0.230 e. The lowest BCUT2D eigenvalue weighted by atomic mass is 9.90. The largest absolute Gasteiger partial charge is 0.438 e. The predicted molar refractivity (Wildman–Crippen MR) is 118 cm³/mol. The molecule has 3 aromatic heterocycles. The summed E-state index contributed by atoms with van der Waals surface area (Å²) in [5.41, 5.74) is 4.45. The zero-order valence-electron chi connectivity index (χ0n) is 17.0. The van der Waals surface area contributed by atoms with Gasteiger partial charge < -0.3 is 9.52 Å². The molecule has 2 aromatic carbocycles.